The zero-order valence-electron chi connectivity index (χ0n) is 19.0. The third-order valence-corrected chi connectivity index (χ3v) is 7.36. The summed E-state index contributed by atoms with van der Waals surface area (Å²) in [4.78, 5) is 27.3. The molecule has 0 aromatic heterocycles. The van der Waals surface area contributed by atoms with Crippen LogP contribution in [0.1, 0.15) is 31.7 Å². The Labute approximate surface area is 189 Å². The maximum Gasteiger partial charge on any atom is 0.242 e. The van der Waals surface area contributed by atoms with Gasteiger partial charge < -0.3 is 15.0 Å². The van der Waals surface area contributed by atoms with E-state index in [0.717, 1.165) is 15.6 Å². The van der Waals surface area contributed by atoms with Crippen LogP contribution in [-0.2, 0) is 19.6 Å². The predicted octanol–water partition coefficient (Wildman–Crippen LogP) is 3.06. The Morgan fingerprint density at radius 2 is 1.91 bits per heavy atom. The molecule has 1 aliphatic heterocycles. The van der Waals surface area contributed by atoms with Gasteiger partial charge in [0.1, 0.15) is 5.75 Å². The van der Waals surface area contributed by atoms with E-state index in [2.05, 4.69) is 19.2 Å². The van der Waals surface area contributed by atoms with Crippen molar-refractivity contribution in [1.29, 1.82) is 0 Å². The first-order valence-electron chi connectivity index (χ1n) is 10.4. The van der Waals surface area contributed by atoms with Crippen molar-refractivity contribution in [3.8, 4) is 5.75 Å². The summed E-state index contributed by atoms with van der Waals surface area (Å²) in [5.74, 6) is -0.392. The average molecular weight is 460 g/mol. The molecule has 1 saturated heterocycles. The second-order valence-electron chi connectivity index (χ2n) is 8.29. The molecule has 0 aliphatic carbocycles. The molecule has 1 heterocycles. The summed E-state index contributed by atoms with van der Waals surface area (Å²) < 4.78 is 31.3. The van der Waals surface area contributed by atoms with Gasteiger partial charge in [-0.1, -0.05) is 26.0 Å². The smallest absolute Gasteiger partial charge is 0.242 e. The molecule has 2 amide bonds. The van der Waals surface area contributed by atoms with E-state index in [9.17, 15) is 18.0 Å². The molecule has 32 heavy (non-hydrogen) atoms. The molecule has 0 bridgehead atoms. The minimum absolute atomic E-state index is 0.0354. The van der Waals surface area contributed by atoms with E-state index in [0.29, 0.717) is 11.7 Å². The van der Waals surface area contributed by atoms with Gasteiger partial charge in [-0.3, -0.25) is 9.59 Å². The molecule has 3 rings (SSSR count). The van der Waals surface area contributed by atoms with Gasteiger partial charge in [0, 0.05) is 32.7 Å². The molecule has 0 saturated carbocycles. The van der Waals surface area contributed by atoms with Crippen LogP contribution < -0.4 is 15.0 Å². The number of amides is 2. The van der Waals surface area contributed by atoms with Gasteiger partial charge in [-0.05, 0) is 41.8 Å². The monoisotopic (exact) mass is 459 g/mol. The van der Waals surface area contributed by atoms with Crippen molar-refractivity contribution in [2.75, 3.05) is 38.0 Å². The summed E-state index contributed by atoms with van der Waals surface area (Å²) in [5.41, 5.74) is 2.13. The predicted molar refractivity (Wildman–Crippen MR) is 123 cm³/mol. The van der Waals surface area contributed by atoms with Gasteiger partial charge in [-0.25, -0.2) is 12.7 Å². The normalized spacial score (nSPS) is 16.7. The summed E-state index contributed by atoms with van der Waals surface area (Å²) >= 11 is 0. The molecule has 1 fully saturated rings. The van der Waals surface area contributed by atoms with Crippen LogP contribution in [-0.4, -0.2) is 52.3 Å². The third kappa shape index (κ3) is 4.78. The zero-order valence-corrected chi connectivity index (χ0v) is 19.8. The number of methoxy groups -OCH3 is 1. The first-order valence-corrected chi connectivity index (χ1v) is 11.8. The summed E-state index contributed by atoms with van der Waals surface area (Å²) in [7, 11) is 0.629. The molecule has 0 spiro atoms. The van der Waals surface area contributed by atoms with Crippen molar-refractivity contribution in [3.63, 3.8) is 0 Å². The molecule has 0 radical (unpaired) electrons. The molecule has 1 aliphatic rings. The maximum absolute atomic E-state index is 13.0. The quantitative estimate of drug-likeness (QED) is 0.687. The number of anilines is 2. The molecule has 2 aromatic carbocycles. The van der Waals surface area contributed by atoms with Crippen LogP contribution in [0.5, 0.6) is 5.75 Å². The van der Waals surface area contributed by atoms with E-state index >= 15 is 0 Å². The van der Waals surface area contributed by atoms with Crippen LogP contribution in [0.25, 0.3) is 0 Å². The van der Waals surface area contributed by atoms with Gasteiger partial charge in [-0.2, -0.15) is 0 Å². The number of rotatable bonds is 7. The highest BCUT2D eigenvalue weighted by molar-refractivity contribution is 7.89. The Morgan fingerprint density at radius 1 is 1.19 bits per heavy atom. The summed E-state index contributed by atoms with van der Waals surface area (Å²) in [6.45, 7) is 4.42. The Morgan fingerprint density at radius 3 is 2.53 bits per heavy atom. The highest BCUT2D eigenvalue weighted by atomic mass is 32.2. The van der Waals surface area contributed by atoms with Crippen molar-refractivity contribution in [2.24, 2.45) is 5.92 Å². The second-order valence-corrected chi connectivity index (χ2v) is 10.4. The first-order chi connectivity index (χ1) is 15.0. The van der Waals surface area contributed by atoms with Crippen molar-refractivity contribution >= 4 is 33.2 Å². The van der Waals surface area contributed by atoms with Crippen LogP contribution in [0.3, 0.4) is 0 Å². The van der Waals surface area contributed by atoms with E-state index in [4.69, 9.17) is 4.74 Å². The number of nitrogens with zero attached hydrogens (tertiary/aromatic N) is 2. The molecule has 1 atom stereocenters. The molecule has 9 heteroatoms. The number of benzene rings is 2. The Hall–Kier alpha value is -2.91. The standard InChI is InChI=1S/C23H29N3O5S/c1-15(2)16-7-6-8-18(11-16)26-14-17(12-22(26)27)23(28)24-20-13-19(9-10-21(20)31-5)32(29,30)25(3)4/h6-11,13,15,17H,12,14H2,1-5H3,(H,24,28)/t17-/m0/s1. The first kappa shape index (κ1) is 23.7. The SMILES string of the molecule is COc1ccc(S(=O)(=O)N(C)C)cc1NC(=O)[C@H]1CC(=O)N(c2cccc(C(C)C)c2)C1. The highest BCUT2D eigenvalue weighted by Crippen LogP contribution is 2.31. The number of carbonyl (C=O) groups excluding carboxylic acids is 2. The Balaban J connectivity index is 1.81. The summed E-state index contributed by atoms with van der Waals surface area (Å²) in [5, 5.41) is 2.75. The van der Waals surface area contributed by atoms with Gasteiger partial charge >= 0.3 is 0 Å². The van der Waals surface area contributed by atoms with E-state index in [1.54, 1.807) is 4.90 Å². The van der Waals surface area contributed by atoms with Crippen LogP contribution in [0.15, 0.2) is 47.4 Å². The number of ether oxygens (including phenoxy) is 1. The van der Waals surface area contributed by atoms with Gasteiger partial charge in [0.25, 0.3) is 0 Å². The van der Waals surface area contributed by atoms with Crippen molar-refractivity contribution in [3.05, 3.63) is 48.0 Å². The van der Waals surface area contributed by atoms with Crippen LogP contribution in [0.4, 0.5) is 11.4 Å². The summed E-state index contributed by atoms with van der Waals surface area (Å²) in [6, 6.07) is 12.0. The molecule has 172 valence electrons. The van der Waals surface area contributed by atoms with Crippen LogP contribution in [0.2, 0.25) is 0 Å². The minimum atomic E-state index is -3.68. The lowest BCUT2D eigenvalue weighted by atomic mass is 10.0. The molecular weight excluding hydrogens is 430 g/mol. The number of carbonyl (C=O) groups is 2. The van der Waals surface area contributed by atoms with Crippen molar-refractivity contribution in [1.82, 2.24) is 4.31 Å². The maximum atomic E-state index is 13.0. The molecule has 0 unspecified atom stereocenters. The number of hydrogen-bond acceptors (Lipinski definition) is 5. The van der Waals surface area contributed by atoms with E-state index < -0.39 is 15.9 Å². The molecule has 8 nitrogen and oxygen atoms in total. The minimum Gasteiger partial charge on any atom is -0.495 e. The summed E-state index contributed by atoms with van der Waals surface area (Å²) in [6.07, 6.45) is 0.0791. The molecule has 2 aromatic rings. The van der Waals surface area contributed by atoms with E-state index in [-0.39, 0.29) is 35.4 Å². The van der Waals surface area contributed by atoms with Gasteiger partial charge in [0.15, 0.2) is 0 Å². The fourth-order valence-electron chi connectivity index (χ4n) is 3.58. The number of sulfonamides is 1. The zero-order chi connectivity index (χ0) is 23.6. The third-order valence-electron chi connectivity index (χ3n) is 5.55. The molecule has 1 N–H and O–H groups in total. The van der Waals surface area contributed by atoms with Crippen molar-refractivity contribution < 1.29 is 22.7 Å². The lowest BCUT2D eigenvalue weighted by Crippen LogP contribution is -2.28. The topological polar surface area (TPSA) is 96.0 Å². The van der Waals surface area contributed by atoms with Gasteiger partial charge in [0.05, 0.1) is 23.6 Å². The molecular formula is C23H29N3O5S. The van der Waals surface area contributed by atoms with Gasteiger partial charge in [-0.15, -0.1) is 0 Å². The van der Waals surface area contributed by atoms with Crippen LogP contribution >= 0.6 is 0 Å². The fourth-order valence-corrected chi connectivity index (χ4v) is 4.50. The fraction of sp³-hybridized carbons (Fsp3) is 0.391. The van der Waals surface area contributed by atoms with Crippen molar-refractivity contribution in [2.45, 2.75) is 31.1 Å². The lowest BCUT2D eigenvalue weighted by Gasteiger charge is -2.19. The number of hydrogen-bond donors (Lipinski definition) is 1. The number of nitrogens with one attached hydrogen (secondary N) is 1. The van der Waals surface area contributed by atoms with Gasteiger partial charge in [0.2, 0.25) is 21.8 Å². The average Bonchev–Trinajstić information content (AvgIpc) is 3.15. The Bertz CT molecular complexity index is 1130. The second kappa shape index (κ2) is 9.30. The largest absolute Gasteiger partial charge is 0.495 e. The van der Waals surface area contributed by atoms with Crippen LogP contribution in [0, 0.1) is 5.92 Å². The van der Waals surface area contributed by atoms with E-state index in [1.165, 1.54) is 39.4 Å². The Kier molecular flexibility index (Phi) is 6.90. The lowest BCUT2D eigenvalue weighted by molar-refractivity contribution is -0.122. The highest BCUT2D eigenvalue weighted by Gasteiger charge is 2.35. The van der Waals surface area contributed by atoms with E-state index in [1.807, 2.05) is 24.3 Å².